The van der Waals surface area contributed by atoms with Crippen molar-refractivity contribution in [2.24, 2.45) is 5.92 Å². The Labute approximate surface area is 117 Å². The highest BCUT2D eigenvalue weighted by Gasteiger charge is 2.33. The number of piperidine rings is 1. The van der Waals surface area contributed by atoms with Gasteiger partial charge in [-0.25, -0.2) is 4.79 Å². The Hall–Kier alpha value is -2.11. The van der Waals surface area contributed by atoms with Crippen molar-refractivity contribution in [3.63, 3.8) is 0 Å². The standard InChI is InChI=1S/C14H18N2O4/c1-9-5-6-15(13(7-9)14(17)18)12-8-11(16(19)20)4-3-10(12)2/h3-4,8-9,13H,5-7H2,1-2H3,(H,17,18). The minimum atomic E-state index is -0.873. The van der Waals surface area contributed by atoms with Crippen LogP contribution in [0.15, 0.2) is 18.2 Å². The van der Waals surface area contributed by atoms with Crippen LogP contribution in [0.25, 0.3) is 0 Å². The number of hydrogen-bond donors (Lipinski definition) is 1. The molecule has 1 aliphatic heterocycles. The number of hydrogen-bond acceptors (Lipinski definition) is 4. The summed E-state index contributed by atoms with van der Waals surface area (Å²) in [6, 6.07) is 3.98. The van der Waals surface area contributed by atoms with E-state index in [1.54, 1.807) is 11.0 Å². The summed E-state index contributed by atoms with van der Waals surface area (Å²) >= 11 is 0. The summed E-state index contributed by atoms with van der Waals surface area (Å²) in [6.07, 6.45) is 1.46. The molecule has 2 rings (SSSR count). The summed E-state index contributed by atoms with van der Waals surface area (Å²) in [5, 5.41) is 20.3. The number of carboxylic acids is 1. The molecule has 0 aliphatic carbocycles. The van der Waals surface area contributed by atoms with E-state index in [9.17, 15) is 20.0 Å². The smallest absolute Gasteiger partial charge is 0.326 e. The molecule has 0 spiro atoms. The summed E-state index contributed by atoms with van der Waals surface area (Å²) in [5.74, 6) is -0.520. The molecular weight excluding hydrogens is 260 g/mol. The van der Waals surface area contributed by atoms with Gasteiger partial charge in [0, 0.05) is 24.4 Å². The molecule has 1 heterocycles. The lowest BCUT2D eigenvalue weighted by atomic mass is 9.91. The highest BCUT2D eigenvalue weighted by atomic mass is 16.6. The quantitative estimate of drug-likeness (QED) is 0.678. The summed E-state index contributed by atoms with van der Waals surface area (Å²) < 4.78 is 0. The van der Waals surface area contributed by atoms with Crippen LogP contribution in [-0.4, -0.2) is 28.6 Å². The molecule has 1 saturated heterocycles. The predicted molar refractivity (Wildman–Crippen MR) is 75.0 cm³/mol. The van der Waals surface area contributed by atoms with Crippen LogP contribution in [-0.2, 0) is 4.79 Å². The van der Waals surface area contributed by atoms with E-state index in [-0.39, 0.29) is 5.69 Å². The van der Waals surface area contributed by atoms with Crippen molar-refractivity contribution in [1.82, 2.24) is 0 Å². The lowest BCUT2D eigenvalue weighted by Crippen LogP contribution is -2.47. The first kappa shape index (κ1) is 14.3. The highest BCUT2D eigenvalue weighted by Crippen LogP contribution is 2.32. The Morgan fingerprint density at radius 3 is 2.80 bits per heavy atom. The minimum absolute atomic E-state index is 0.00615. The first-order valence-corrected chi connectivity index (χ1v) is 6.64. The van der Waals surface area contributed by atoms with Crippen molar-refractivity contribution in [2.45, 2.75) is 32.7 Å². The van der Waals surface area contributed by atoms with Crippen LogP contribution in [0, 0.1) is 23.0 Å². The Bertz CT molecular complexity index is 544. The molecule has 1 N–H and O–H groups in total. The molecule has 1 aliphatic rings. The molecule has 0 radical (unpaired) electrons. The van der Waals surface area contributed by atoms with E-state index in [2.05, 4.69) is 0 Å². The molecule has 0 aromatic heterocycles. The van der Waals surface area contributed by atoms with Crippen molar-refractivity contribution in [1.29, 1.82) is 0 Å². The number of nitro groups is 1. The third-order valence-corrected chi connectivity index (χ3v) is 3.86. The van der Waals surface area contributed by atoms with Gasteiger partial charge in [-0.3, -0.25) is 10.1 Å². The largest absolute Gasteiger partial charge is 0.480 e. The van der Waals surface area contributed by atoms with E-state index in [4.69, 9.17) is 0 Å². The minimum Gasteiger partial charge on any atom is -0.480 e. The molecular formula is C14H18N2O4. The second-order valence-electron chi connectivity index (χ2n) is 5.40. The highest BCUT2D eigenvalue weighted by molar-refractivity contribution is 5.79. The van der Waals surface area contributed by atoms with Crippen LogP contribution in [0.2, 0.25) is 0 Å². The molecule has 2 unspecified atom stereocenters. The molecule has 0 saturated carbocycles. The number of non-ortho nitro benzene ring substituents is 1. The molecule has 0 bridgehead atoms. The number of carboxylic acid groups (broad SMARTS) is 1. The molecule has 20 heavy (non-hydrogen) atoms. The van der Waals surface area contributed by atoms with Gasteiger partial charge in [0.15, 0.2) is 0 Å². The Morgan fingerprint density at radius 1 is 1.50 bits per heavy atom. The molecule has 1 aromatic rings. The first-order chi connectivity index (χ1) is 9.40. The first-order valence-electron chi connectivity index (χ1n) is 6.64. The number of nitrogens with zero attached hydrogens (tertiary/aromatic N) is 2. The van der Waals surface area contributed by atoms with Crippen LogP contribution in [0.5, 0.6) is 0 Å². The third-order valence-electron chi connectivity index (χ3n) is 3.86. The number of rotatable bonds is 3. The van der Waals surface area contributed by atoms with Gasteiger partial charge >= 0.3 is 5.97 Å². The van der Waals surface area contributed by atoms with Gasteiger partial charge in [0.2, 0.25) is 0 Å². The number of benzene rings is 1. The second kappa shape index (κ2) is 5.48. The van der Waals surface area contributed by atoms with Gasteiger partial charge in [0.25, 0.3) is 5.69 Å². The summed E-state index contributed by atoms with van der Waals surface area (Å²) in [7, 11) is 0. The van der Waals surface area contributed by atoms with E-state index < -0.39 is 16.9 Å². The van der Waals surface area contributed by atoms with E-state index in [1.807, 2.05) is 13.8 Å². The zero-order valence-electron chi connectivity index (χ0n) is 11.6. The summed E-state index contributed by atoms with van der Waals surface area (Å²) in [6.45, 7) is 4.49. The predicted octanol–water partition coefficient (Wildman–Crippen LogP) is 2.59. The maximum absolute atomic E-state index is 11.4. The third kappa shape index (κ3) is 2.74. The number of nitro benzene ring substituents is 1. The fraction of sp³-hybridized carbons (Fsp3) is 0.500. The molecule has 6 heteroatoms. The number of anilines is 1. The van der Waals surface area contributed by atoms with Gasteiger partial charge in [-0.1, -0.05) is 13.0 Å². The molecule has 108 valence electrons. The van der Waals surface area contributed by atoms with E-state index in [1.165, 1.54) is 12.1 Å². The molecule has 0 amide bonds. The van der Waals surface area contributed by atoms with Gasteiger partial charge in [-0.15, -0.1) is 0 Å². The normalized spacial score (nSPS) is 22.6. The Balaban J connectivity index is 2.40. The number of carbonyl (C=O) groups is 1. The van der Waals surface area contributed by atoms with Crippen LogP contribution in [0.4, 0.5) is 11.4 Å². The SMILES string of the molecule is Cc1ccc([N+](=O)[O-])cc1N1CCC(C)CC1C(=O)O. The van der Waals surface area contributed by atoms with Crippen molar-refractivity contribution >= 4 is 17.3 Å². The average Bonchev–Trinajstić information content (AvgIpc) is 2.39. The maximum atomic E-state index is 11.4. The van der Waals surface area contributed by atoms with Crippen molar-refractivity contribution in [2.75, 3.05) is 11.4 Å². The zero-order valence-corrected chi connectivity index (χ0v) is 11.6. The molecule has 6 nitrogen and oxygen atoms in total. The van der Waals surface area contributed by atoms with Gasteiger partial charge in [-0.05, 0) is 31.2 Å². The van der Waals surface area contributed by atoms with Gasteiger partial charge in [0.1, 0.15) is 6.04 Å². The van der Waals surface area contributed by atoms with Gasteiger partial charge in [-0.2, -0.15) is 0 Å². The van der Waals surface area contributed by atoms with Gasteiger partial charge in [0.05, 0.1) is 4.92 Å². The monoisotopic (exact) mass is 278 g/mol. The van der Waals surface area contributed by atoms with Crippen molar-refractivity contribution in [3.05, 3.63) is 33.9 Å². The molecule has 1 fully saturated rings. The Morgan fingerprint density at radius 2 is 2.20 bits per heavy atom. The van der Waals surface area contributed by atoms with E-state index in [0.717, 1.165) is 12.0 Å². The second-order valence-corrected chi connectivity index (χ2v) is 5.40. The maximum Gasteiger partial charge on any atom is 0.326 e. The lowest BCUT2D eigenvalue weighted by molar-refractivity contribution is -0.384. The van der Waals surface area contributed by atoms with Crippen LogP contribution >= 0.6 is 0 Å². The average molecular weight is 278 g/mol. The Kier molecular flexibility index (Phi) is 3.92. The zero-order chi connectivity index (χ0) is 14.9. The van der Waals surface area contributed by atoms with E-state index >= 15 is 0 Å². The van der Waals surface area contributed by atoms with Crippen LogP contribution < -0.4 is 4.90 Å². The molecule has 1 aromatic carbocycles. The van der Waals surface area contributed by atoms with Crippen LogP contribution in [0.3, 0.4) is 0 Å². The number of aliphatic carboxylic acids is 1. The van der Waals surface area contributed by atoms with Crippen LogP contribution in [0.1, 0.15) is 25.3 Å². The topological polar surface area (TPSA) is 83.7 Å². The van der Waals surface area contributed by atoms with Crippen molar-refractivity contribution in [3.8, 4) is 0 Å². The van der Waals surface area contributed by atoms with Gasteiger partial charge < -0.3 is 10.0 Å². The molecule has 2 atom stereocenters. The number of aryl methyl sites for hydroxylation is 1. The fourth-order valence-corrected chi connectivity index (χ4v) is 2.68. The lowest BCUT2D eigenvalue weighted by Gasteiger charge is -2.38. The fourth-order valence-electron chi connectivity index (χ4n) is 2.68. The summed E-state index contributed by atoms with van der Waals surface area (Å²) in [4.78, 5) is 23.7. The summed E-state index contributed by atoms with van der Waals surface area (Å²) in [5.41, 5.74) is 1.50. The van der Waals surface area contributed by atoms with E-state index in [0.29, 0.717) is 24.6 Å². The van der Waals surface area contributed by atoms with Crippen molar-refractivity contribution < 1.29 is 14.8 Å².